The summed E-state index contributed by atoms with van der Waals surface area (Å²) in [5.41, 5.74) is -0.725. The lowest BCUT2D eigenvalue weighted by Crippen LogP contribution is -2.21. The summed E-state index contributed by atoms with van der Waals surface area (Å²) in [6, 6.07) is 13.4. The predicted molar refractivity (Wildman–Crippen MR) is 143 cm³/mol. The topological polar surface area (TPSA) is 128 Å². The number of carbonyl (C=O) groups is 1. The fourth-order valence-electron chi connectivity index (χ4n) is 4.60. The molecule has 0 aliphatic heterocycles. The van der Waals surface area contributed by atoms with E-state index in [0.29, 0.717) is 16.8 Å². The first kappa shape index (κ1) is 27.2. The van der Waals surface area contributed by atoms with Crippen LogP contribution in [0.25, 0.3) is 33.3 Å². The molecule has 0 atom stereocenters. The molecule has 1 amide bonds. The third kappa shape index (κ3) is 4.80. The maximum atomic E-state index is 13.8. The van der Waals surface area contributed by atoms with Gasteiger partial charge in [0.2, 0.25) is 5.76 Å². The van der Waals surface area contributed by atoms with Crippen molar-refractivity contribution in [2.75, 3.05) is 5.32 Å². The average molecular weight is 563 g/mol. The van der Waals surface area contributed by atoms with E-state index in [1.54, 1.807) is 35.8 Å². The minimum absolute atomic E-state index is 0.0892. The van der Waals surface area contributed by atoms with E-state index in [2.05, 4.69) is 10.3 Å². The van der Waals surface area contributed by atoms with Crippen LogP contribution in [0, 0.1) is 11.3 Å². The Morgan fingerprint density at radius 2 is 1.76 bits per heavy atom. The Bertz CT molecular complexity index is 1990. The van der Waals surface area contributed by atoms with Gasteiger partial charge in [0, 0.05) is 49.7 Å². The lowest BCUT2D eigenvalue weighted by Gasteiger charge is -2.13. The first-order chi connectivity index (χ1) is 19.4. The summed E-state index contributed by atoms with van der Waals surface area (Å²) in [5.74, 6) is -1.06. The van der Waals surface area contributed by atoms with Crippen molar-refractivity contribution in [2.45, 2.75) is 19.6 Å². The van der Waals surface area contributed by atoms with Gasteiger partial charge in [-0.25, -0.2) is 4.98 Å². The summed E-state index contributed by atoms with van der Waals surface area (Å²) >= 11 is 0. The standard InChI is InChI=1S/C28H21F3N6O4/c1-4-37-19(15-5-7-16(8-6-15)23-20(14-32)41-36(3)27(23)40)11-17-12-21(28(29,30)31)34-24(25(17)37)26(39)33-18-9-10-35(2)22(38)13-18/h5-13H,4H2,1-3H3,(H,33,39). The Labute approximate surface area is 229 Å². The zero-order valence-corrected chi connectivity index (χ0v) is 21.9. The monoisotopic (exact) mass is 562 g/mol. The van der Waals surface area contributed by atoms with E-state index in [1.807, 2.05) is 6.07 Å². The molecule has 0 saturated heterocycles. The highest BCUT2D eigenvalue weighted by Gasteiger charge is 2.35. The second-order valence-electron chi connectivity index (χ2n) is 9.17. The highest BCUT2D eigenvalue weighted by atomic mass is 19.4. The second kappa shape index (κ2) is 9.98. The van der Waals surface area contributed by atoms with Crippen LogP contribution in [-0.4, -0.2) is 24.8 Å². The molecule has 0 saturated carbocycles. The number of carbonyl (C=O) groups excluding carboxylic acids is 1. The Morgan fingerprint density at radius 1 is 1.07 bits per heavy atom. The molecule has 0 unspecified atom stereocenters. The van der Waals surface area contributed by atoms with Crippen molar-refractivity contribution >= 4 is 22.5 Å². The zero-order valence-electron chi connectivity index (χ0n) is 21.9. The Morgan fingerprint density at radius 3 is 2.37 bits per heavy atom. The highest BCUT2D eigenvalue weighted by Crippen LogP contribution is 2.36. The van der Waals surface area contributed by atoms with Gasteiger partial charge < -0.3 is 19.0 Å². The molecule has 5 rings (SSSR count). The van der Waals surface area contributed by atoms with E-state index in [4.69, 9.17) is 4.52 Å². The maximum Gasteiger partial charge on any atom is 0.433 e. The average Bonchev–Trinajstić information content (AvgIpc) is 3.46. The molecule has 1 N–H and O–H groups in total. The quantitative estimate of drug-likeness (QED) is 0.336. The predicted octanol–water partition coefficient (Wildman–Crippen LogP) is 4.52. The number of nitrogens with one attached hydrogen (secondary N) is 1. The van der Waals surface area contributed by atoms with Crippen LogP contribution in [-0.2, 0) is 26.8 Å². The third-order valence-electron chi connectivity index (χ3n) is 6.59. The minimum atomic E-state index is -4.82. The fraction of sp³-hybridized carbons (Fsp3) is 0.179. The molecule has 0 radical (unpaired) electrons. The van der Waals surface area contributed by atoms with Crippen molar-refractivity contribution in [1.82, 2.24) is 18.9 Å². The van der Waals surface area contributed by atoms with Crippen molar-refractivity contribution in [3.05, 3.63) is 92.6 Å². The van der Waals surface area contributed by atoms with E-state index >= 15 is 0 Å². The van der Waals surface area contributed by atoms with E-state index in [1.165, 1.54) is 37.0 Å². The number of nitriles is 1. The third-order valence-corrected chi connectivity index (χ3v) is 6.59. The van der Waals surface area contributed by atoms with Crippen LogP contribution in [0.15, 0.2) is 68.8 Å². The van der Waals surface area contributed by atoms with Gasteiger partial charge in [0.1, 0.15) is 17.3 Å². The molecule has 0 aliphatic carbocycles. The summed E-state index contributed by atoms with van der Waals surface area (Å²) in [4.78, 5) is 41.4. The molecule has 4 heterocycles. The molecule has 10 nitrogen and oxygen atoms in total. The van der Waals surface area contributed by atoms with Gasteiger partial charge in [0.25, 0.3) is 17.0 Å². The SMILES string of the molecule is CCn1c(-c2ccc(-c3c(C#N)on(C)c3=O)cc2)cc2cc(C(F)(F)F)nc(C(=O)Nc3ccn(C)c(=O)c3)c21. The van der Waals surface area contributed by atoms with E-state index < -0.39 is 34.6 Å². The molecular formula is C28H21F3N6O4. The van der Waals surface area contributed by atoms with Crippen molar-refractivity contribution in [2.24, 2.45) is 14.1 Å². The van der Waals surface area contributed by atoms with Gasteiger partial charge in [-0.05, 0) is 36.2 Å². The zero-order chi connectivity index (χ0) is 29.6. The molecule has 41 heavy (non-hydrogen) atoms. The van der Waals surface area contributed by atoms with Crippen LogP contribution in [0.1, 0.15) is 28.9 Å². The van der Waals surface area contributed by atoms with E-state index in [9.17, 15) is 32.8 Å². The van der Waals surface area contributed by atoms with Crippen LogP contribution in [0.2, 0.25) is 0 Å². The highest BCUT2D eigenvalue weighted by molar-refractivity contribution is 6.11. The summed E-state index contributed by atoms with van der Waals surface area (Å²) in [5, 5.41) is 11.9. The van der Waals surface area contributed by atoms with Crippen molar-refractivity contribution in [1.29, 1.82) is 5.26 Å². The molecule has 5 aromatic rings. The number of pyridine rings is 2. The normalized spacial score (nSPS) is 11.5. The number of anilines is 1. The molecular weight excluding hydrogens is 541 g/mol. The number of aryl methyl sites for hydroxylation is 3. The van der Waals surface area contributed by atoms with Crippen LogP contribution in [0.5, 0.6) is 0 Å². The first-order valence-electron chi connectivity index (χ1n) is 12.2. The number of halogens is 3. The number of rotatable bonds is 5. The van der Waals surface area contributed by atoms with Crippen LogP contribution in [0.4, 0.5) is 18.9 Å². The Kier molecular flexibility index (Phi) is 6.62. The summed E-state index contributed by atoms with van der Waals surface area (Å²) in [6.07, 6.45) is -3.40. The first-order valence-corrected chi connectivity index (χ1v) is 12.2. The van der Waals surface area contributed by atoms with Crippen molar-refractivity contribution < 1.29 is 22.5 Å². The van der Waals surface area contributed by atoms with E-state index in [0.717, 1.165) is 16.9 Å². The lowest BCUT2D eigenvalue weighted by molar-refractivity contribution is -0.141. The van der Waals surface area contributed by atoms with Gasteiger partial charge in [-0.2, -0.15) is 23.2 Å². The Balaban J connectivity index is 1.65. The number of fused-ring (bicyclic) bond motifs is 1. The van der Waals surface area contributed by atoms with Gasteiger partial charge in [0.05, 0.1) is 5.52 Å². The molecule has 0 bridgehead atoms. The number of hydrogen-bond acceptors (Lipinski definition) is 6. The number of amides is 1. The molecule has 0 spiro atoms. The van der Waals surface area contributed by atoms with Crippen molar-refractivity contribution in [3.63, 3.8) is 0 Å². The number of nitrogens with zero attached hydrogens (tertiary/aromatic N) is 5. The van der Waals surface area contributed by atoms with Crippen LogP contribution >= 0.6 is 0 Å². The fourth-order valence-corrected chi connectivity index (χ4v) is 4.60. The molecule has 4 aromatic heterocycles. The van der Waals surface area contributed by atoms with Gasteiger partial charge in [-0.15, -0.1) is 0 Å². The number of alkyl halides is 3. The van der Waals surface area contributed by atoms with Crippen molar-refractivity contribution in [3.8, 4) is 28.5 Å². The van der Waals surface area contributed by atoms with Gasteiger partial charge in [0.15, 0.2) is 5.69 Å². The number of hydrogen-bond donors (Lipinski definition) is 1. The van der Waals surface area contributed by atoms with Crippen LogP contribution in [0.3, 0.4) is 0 Å². The summed E-state index contributed by atoms with van der Waals surface area (Å²) in [6.45, 7) is 2.05. The van der Waals surface area contributed by atoms with Gasteiger partial charge in [-0.1, -0.05) is 24.3 Å². The van der Waals surface area contributed by atoms with E-state index in [-0.39, 0.29) is 34.5 Å². The summed E-state index contributed by atoms with van der Waals surface area (Å²) < 4.78 is 50.4. The number of aromatic nitrogens is 4. The number of benzene rings is 1. The molecule has 13 heteroatoms. The second-order valence-corrected chi connectivity index (χ2v) is 9.17. The molecule has 0 fully saturated rings. The van der Waals surface area contributed by atoms with Gasteiger partial charge in [-0.3, -0.25) is 14.4 Å². The summed E-state index contributed by atoms with van der Waals surface area (Å²) in [7, 11) is 2.90. The largest absolute Gasteiger partial charge is 0.433 e. The smallest absolute Gasteiger partial charge is 0.365 e. The molecule has 0 aliphatic rings. The lowest BCUT2D eigenvalue weighted by atomic mass is 10.0. The van der Waals surface area contributed by atoms with Crippen LogP contribution < -0.4 is 16.4 Å². The molecule has 1 aromatic carbocycles. The Hall–Kier alpha value is -5.38. The maximum absolute atomic E-state index is 13.8. The minimum Gasteiger partial charge on any atom is -0.365 e. The van der Waals surface area contributed by atoms with Gasteiger partial charge >= 0.3 is 6.18 Å². The molecule has 208 valence electrons.